The molecule has 1 aromatic rings. The minimum atomic E-state index is -3.59. The molecule has 1 atom stereocenters. The summed E-state index contributed by atoms with van der Waals surface area (Å²) in [6.07, 6.45) is -0.961. The van der Waals surface area contributed by atoms with E-state index in [1.54, 1.807) is 12.1 Å². The number of benzene rings is 1. The van der Waals surface area contributed by atoms with Gasteiger partial charge < -0.3 is 9.84 Å². The van der Waals surface area contributed by atoms with Crippen molar-refractivity contribution in [1.82, 2.24) is 4.72 Å². The number of hydrogen-bond donors (Lipinski definition) is 2. The van der Waals surface area contributed by atoms with Gasteiger partial charge in [-0.2, -0.15) is 0 Å². The molecule has 0 bridgehead atoms. The van der Waals surface area contributed by atoms with Crippen LogP contribution in [0.15, 0.2) is 33.6 Å². The molecule has 0 aliphatic carbocycles. The average Bonchev–Trinajstić information content (AvgIpc) is 2.34. The number of ether oxygens (including phenoxy) is 1. The van der Waals surface area contributed by atoms with Crippen LogP contribution in [-0.4, -0.2) is 38.7 Å². The molecule has 0 aliphatic rings. The Morgan fingerprint density at radius 1 is 1.42 bits per heavy atom. The second-order valence-corrected chi connectivity index (χ2v) is 6.39. The molecule has 0 spiro atoms. The van der Waals surface area contributed by atoms with E-state index in [0.717, 1.165) is 4.47 Å². The molecule has 8 heteroatoms. The first kappa shape index (κ1) is 16.1. The zero-order valence-electron chi connectivity index (χ0n) is 10.2. The van der Waals surface area contributed by atoms with Gasteiger partial charge in [-0.05, 0) is 31.2 Å². The number of sulfonamides is 1. The monoisotopic (exact) mass is 351 g/mol. The van der Waals surface area contributed by atoms with Crippen molar-refractivity contribution in [2.24, 2.45) is 0 Å². The van der Waals surface area contributed by atoms with Crippen molar-refractivity contribution in [3.63, 3.8) is 0 Å². The van der Waals surface area contributed by atoms with Gasteiger partial charge in [-0.3, -0.25) is 0 Å². The van der Waals surface area contributed by atoms with Crippen molar-refractivity contribution in [1.29, 1.82) is 0 Å². The lowest BCUT2D eigenvalue weighted by molar-refractivity contribution is -0.148. The fourth-order valence-electron chi connectivity index (χ4n) is 1.18. The van der Waals surface area contributed by atoms with Crippen LogP contribution >= 0.6 is 15.9 Å². The summed E-state index contributed by atoms with van der Waals surface area (Å²) in [5.41, 5.74) is 0. The first-order chi connectivity index (χ1) is 8.83. The van der Waals surface area contributed by atoms with Gasteiger partial charge in [0.05, 0.1) is 11.5 Å². The maximum atomic E-state index is 11.8. The van der Waals surface area contributed by atoms with Crippen molar-refractivity contribution in [2.75, 3.05) is 13.2 Å². The van der Waals surface area contributed by atoms with Gasteiger partial charge >= 0.3 is 5.97 Å². The fourth-order valence-corrected chi connectivity index (χ4v) is 2.46. The summed E-state index contributed by atoms with van der Waals surface area (Å²) in [7, 11) is -3.59. The van der Waals surface area contributed by atoms with E-state index >= 15 is 0 Å². The van der Waals surface area contributed by atoms with E-state index in [1.165, 1.54) is 19.1 Å². The van der Waals surface area contributed by atoms with E-state index in [0.29, 0.717) is 0 Å². The Morgan fingerprint density at radius 2 is 2.00 bits per heavy atom. The lowest BCUT2D eigenvalue weighted by Gasteiger charge is -2.09. The Bertz CT molecular complexity index is 529. The SMILES string of the molecule is CC(OCCNS(=O)(=O)c1ccc(Br)cc1)C(=O)O. The molecule has 1 aromatic carbocycles. The molecule has 0 aliphatic heterocycles. The van der Waals surface area contributed by atoms with Crippen LogP contribution in [0.3, 0.4) is 0 Å². The first-order valence-electron chi connectivity index (χ1n) is 5.42. The largest absolute Gasteiger partial charge is 0.479 e. The second-order valence-electron chi connectivity index (χ2n) is 3.70. The third-order valence-electron chi connectivity index (χ3n) is 2.23. The summed E-state index contributed by atoms with van der Waals surface area (Å²) in [6, 6.07) is 6.18. The number of carboxylic acids is 1. The van der Waals surface area contributed by atoms with Crippen molar-refractivity contribution in [3.05, 3.63) is 28.7 Å². The van der Waals surface area contributed by atoms with E-state index in [1.807, 2.05) is 0 Å². The van der Waals surface area contributed by atoms with Gasteiger partial charge in [0.2, 0.25) is 10.0 Å². The smallest absolute Gasteiger partial charge is 0.332 e. The van der Waals surface area contributed by atoms with Crippen LogP contribution in [0.5, 0.6) is 0 Å². The summed E-state index contributed by atoms with van der Waals surface area (Å²) in [6.45, 7) is 1.38. The molecule has 1 rings (SSSR count). The summed E-state index contributed by atoms with van der Waals surface area (Å²) >= 11 is 3.21. The molecular weight excluding hydrogens is 338 g/mol. The van der Waals surface area contributed by atoms with Gasteiger partial charge in [-0.1, -0.05) is 15.9 Å². The quantitative estimate of drug-likeness (QED) is 0.720. The summed E-state index contributed by atoms with van der Waals surface area (Å²) < 4.78 is 31.7. The predicted molar refractivity (Wildman–Crippen MR) is 72.4 cm³/mol. The molecule has 0 radical (unpaired) electrons. The number of carbonyl (C=O) groups is 1. The highest BCUT2D eigenvalue weighted by Gasteiger charge is 2.14. The van der Waals surface area contributed by atoms with Crippen LogP contribution < -0.4 is 4.72 Å². The molecule has 1 unspecified atom stereocenters. The standard InChI is InChI=1S/C11H14BrNO5S/c1-8(11(14)15)18-7-6-13-19(16,17)10-4-2-9(12)3-5-10/h2-5,8,13H,6-7H2,1H3,(H,14,15). The third kappa shape index (κ3) is 5.27. The summed E-state index contributed by atoms with van der Waals surface area (Å²) in [4.78, 5) is 10.6. The Morgan fingerprint density at radius 3 is 2.53 bits per heavy atom. The lowest BCUT2D eigenvalue weighted by atomic mass is 10.4. The molecule has 19 heavy (non-hydrogen) atoms. The van der Waals surface area contributed by atoms with Gasteiger partial charge in [0.25, 0.3) is 0 Å². The average molecular weight is 352 g/mol. The molecule has 2 N–H and O–H groups in total. The highest BCUT2D eigenvalue weighted by molar-refractivity contribution is 9.10. The highest BCUT2D eigenvalue weighted by Crippen LogP contribution is 2.14. The maximum Gasteiger partial charge on any atom is 0.332 e. The Labute approximate surface area is 120 Å². The molecular formula is C11H14BrNO5S. The number of halogens is 1. The molecule has 0 saturated carbocycles. The molecule has 0 saturated heterocycles. The van der Waals surface area contributed by atoms with Gasteiger partial charge in [-0.15, -0.1) is 0 Å². The number of nitrogens with one attached hydrogen (secondary N) is 1. The van der Waals surface area contributed by atoms with E-state index in [2.05, 4.69) is 20.7 Å². The second kappa shape index (κ2) is 6.99. The third-order valence-corrected chi connectivity index (χ3v) is 4.24. The van der Waals surface area contributed by atoms with Gasteiger partial charge in [0, 0.05) is 11.0 Å². The first-order valence-corrected chi connectivity index (χ1v) is 7.70. The minimum Gasteiger partial charge on any atom is -0.479 e. The number of hydrogen-bond acceptors (Lipinski definition) is 4. The fraction of sp³-hybridized carbons (Fsp3) is 0.364. The molecule has 0 aromatic heterocycles. The Kier molecular flexibility index (Phi) is 5.92. The molecule has 106 valence electrons. The van der Waals surface area contributed by atoms with Gasteiger partial charge in [-0.25, -0.2) is 17.9 Å². The van der Waals surface area contributed by atoms with Crippen molar-refractivity contribution < 1.29 is 23.1 Å². The highest BCUT2D eigenvalue weighted by atomic mass is 79.9. The van der Waals surface area contributed by atoms with Crippen LogP contribution in [-0.2, 0) is 19.6 Å². The number of aliphatic carboxylic acids is 1. The molecule has 0 amide bonds. The molecule has 6 nitrogen and oxygen atoms in total. The zero-order chi connectivity index (χ0) is 14.5. The van der Waals surface area contributed by atoms with Gasteiger partial charge in [0.15, 0.2) is 6.10 Å². The zero-order valence-corrected chi connectivity index (χ0v) is 12.6. The van der Waals surface area contributed by atoms with E-state index < -0.39 is 22.1 Å². The predicted octanol–water partition coefficient (Wildman–Crippen LogP) is 1.22. The van der Waals surface area contributed by atoms with E-state index in [4.69, 9.17) is 9.84 Å². The van der Waals surface area contributed by atoms with Crippen LogP contribution in [0.1, 0.15) is 6.92 Å². The lowest BCUT2D eigenvalue weighted by Crippen LogP contribution is -2.30. The van der Waals surface area contributed by atoms with Crippen LogP contribution in [0.4, 0.5) is 0 Å². The number of rotatable bonds is 7. The van der Waals surface area contributed by atoms with E-state index in [9.17, 15) is 13.2 Å². The summed E-state index contributed by atoms with van der Waals surface area (Å²) in [5.74, 6) is -1.09. The number of carboxylic acid groups (broad SMARTS) is 1. The van der Waals surface area contributed by atoms with Crippen molar-refractivity contribution in [3.8, 4) is 0 Å². The van der Waals surface area contributed by atoms with Gasteiger partial charge in [0.1, 0.15) is 0 Å². The van der Waals surface area contributed by atoms with Crippen LogP contribution in [0, 0.1) is 0 Å². The normalized spacial score (nSPS) is 13.2. The van der Waals surface area contributed by atoms with Crippen molar-refractivity contribution in [2.45, 2.75) is 17.9 Å². The molecule has 0 heterocycles. The Balaban J connectivity index is 2.48. The van der Waals surface area contributed by atoms with Crippen molar-refractivity contribution >= 4 is 31.9 Å². The maximum absolute atomic E-state index is 11.8. The molecule has 0 fully saturated rings. The van der Waals surface area contributed by atoms with Crippen LogP contribution in [0.2, 0.25) is 0 Å². The summed E-state index contributed by atoms with van der Waals surface area (Å²) in [5, 5.41) is 8.58. The topological polar surface area (TPSA) is 92.7 Å². The minimum absolute atomic E-state index is 0.00994. The van der Waals surface area contributed by atoms with E-state index in [-0.39, 0.29) is 18.0 Å². The van der Waals surface area contributed by atoms with Crippen LogP contribution in [0.25, 0.3) is 0 Å². The Hall–Kier alpha value is -0.960.